The van der Waals surface area contributed by atoms with Crippen LogP contribution in [-0.4, -0.2) is 25.3 Å². The Bertz CT molecular complexity index is 223. The molecule has 0 aliphatic rings. The Morgan fingerprint density at radius 1 is 0.850 bits per heavy atom. The predicted molar refractivity (Wildman–Crippen MR) is 90.9 cm³/mol. The third-order valence-electron chi connectivity index (χ3n) is 3.42. The van der Waals surface area contributed by atoms with Crippen molar-refractivity contribution in [2.24, 2.45) is 5.92 Å². The maximum Gasteiger partial charge on any atom is 0.222 e. The van der Waals surface area contributed by atoms with Gasteiger partial charge in [-0.1, -0.05) is 70.7 Å². The van der Waals surface area contributed by atoms with Gasteiger partial charge in [-0.3, -0.25) is 9.52 Å². The number of amides is 1. The van der Waals surface area contributed by atoms with Crippen molar-refractivity contribution in [3.05, 3.63) is 0 Å². The van der Waals surface area contributed by atoms with E-state index in [0.29, 0.717) is 0 Å². The SMILES string of the molecule is CSNCCCCCCCCCCCNC(=O)C(C)C. The van der Waals surface area contributed by atoms with E-state index in [2.05, 4.69) is 16.3 Å². The van der Waals surface area contributed by atoms with Crippen molar-refractivity contribution in [3.8, 4) is 0 Å². The van der Waals surface area contributed by atoms with Gasteiger partial charge in [0.1, 0.15) is 0 Å². The first-order valence-electron chi connectivity index (χ1n) is 8.22. The van der Waals surface area contributed by atoms with Gasteiger partial charge in [0.2, 0.25) is 5.91 Å². The van der Waals surface area contributed by atoms with Gasteiger partial charge in [0.05, 0.1) is 0 Å². The third kappa shape index (κ3) is 14.2. The maximum atomic E-state index is 11.3. The molecule has 0 atom stereocenters. The van der Waals surface area contributed by atoms with Crippen molar-refractivity contribution < 1.29 is 4.79 Å². The summed E-state index contributed by atoms with van der Waals surface area (Å²) in [6.07, 6.45) is 13.9. The van der Waals surface area contributed by atoms with E-state index in [9.17, 15) is 4.79 Å². The minimum absolute atomic E-state index is 0.112. The van der Waals surface area contributed by atoms with Crippen LogP contribution in [0.5, 0.6) is 0 Å². The van der Waals surface area contributed by atoms with Crippen molar-refractivity contribution >= 4 is 17.9 Å². The van der Waals surface area contributed by atoms with Crippen molar-refractivity contribution in [2.75, 3.05) is 19.3 Å². The highest BCUT2D eigenvalue weighted by atomic mass is 32.2. The molecule has 0 spiro atoms. The van der Waals surface area contributed by atoms with Crippen LogP contribution in [0.3, 0.4) is 0 Å². The molecule has 120 valence electrons. The fourth-order valence-electron chi connectivity index (χ4n) is 2.08. The fourth-order valence-corrected chi connectivity index (χ4v) is 2.43. The molecule has 2 N–H and O–H groups in total. The van der Waals surface area contributed by atoms with Crippen molar-refractivity contribution in [2.45, 2.75) is 71.6 Å². The van der Waals surface area contributed by atoms with Crippen LogP contribution in [0, 0.1) is 5.92 Å². The lowest BCUT2D eigenvalue weighted by Crippen LogP contribution is -2.28. The summed E-state index contributed by atoms with van der Waals surface area (Å²) in [5.74, 6) is 0.294. The van der Waals surface area contributed by atoms with E-state index in [-0.39, 0.29) is 11.8 Å². The molecule has 0 bridgehead atoms. The number of rotatable bonds is 14. The molecular weight excluding hydrogens is 268 g/mol. The maximum absolute atomic E-state index is 11.3. The predicted octanol–water partition coefficient (Wildman–Crippen LogP) is 4.14. The number of unbranched alkanes of at least 4 members (excludes halogenated alkanes) is 8. The molecule has 3 nitrogen and oxygen atoms in total. The molecule has 0 aliphatic carbocycles. The first-order chi connectivity index (χ1) is 9.68. The molecule has 0 aromatic heterocycles. The van der Waals surface area contributed by atoms with Gasteiger partial charge in [-0.15, -0.1) is 0 Å². The molecule has 1 amide bonds. The topological polar surface area (TPSA) is 41.1 Å². The van der Waals surface area contributed by atoms with E-state index < -0.39 is 0 Å². The highest BCUT2D eigenvalue weighted by Crippen LogP contribution is 2.09. The zero-order chi connectivity index (χ0) is 15.1. The van der Waals surface area contributed by atoms with Crippen LogP contribution >= 0.6 is 11.9 Å². The van der Waals surface area contributed by atoms with Crippen LogP contribution in [0.2, 0.25) is 0 Å². The molecule has 0 unspecified atom stereocenters. The van der Waals surface area contributed by atoms with Crippen molar-refractivity contribution in [3.63, 3.8) is 0 Å². The number of carbonyl (C=O) groups is 1. The van der Waals surface area contributed by atoms with E-state index in [1.54, 1.807) is 11.9 Å². The summed E-state index contributed by atoms with van der Waals surface area (Å²) < 4.78 is 3.28. The van der Waals surface area contributed by atoms with Crippen LogP contribution < -0.4 is 10.0 Å². The van der Waals surface area contributed by atoms with Crippen LogP contribution in [0.1, 0.15) is 71.6 Å². The largest absolute Gasteiger partial charge is 0.356 e. The Balaban J connectivity index is 3.04. The second-order valence-corrected chi connectivity index (χ2v) is 6.42. The van der Waals surface area contributed by atoms with Crippen molar-refractivity contribution in [1.82, 2.24) is 10.0 Å². The van der Waals surface area contributed by atoms with E-state index in [1.807, 2.05) is 13.8 Å². The molecule has 0 heterocycles. The number of carbonyl (C=O) groups excluding carboxylic acids is 1. The minimum atomic E-state index is 0.112. The summed E-state index contributed by atoms with van der Waals surface area (Å²) in [7, 11) is 0. The molecular formula is C16H34N2OS. The van der Waals surface area contributed by atoms with Crippen LogP contribution in [0.15, 0.2) is 0 Å². The third-order valence-corrected chi connectivity index (χ3v) is 3.92. The fraction of sp³-hybridized carbons (Fsp3) is 0.938. The zero-order valence-corrected chi connectivity index (χ0v) is 14.5. The molecule has 20 heavy (non-hydrogen) atoms. The molecule has 0 saturated carbocycles. The monoisotopic (exact) mass is 302 g/mol. The molecule has 0 radical (unpaired) electrons. The second-order valence-electron chi connectivity index (χ2n) is 5.73. The summed E-state index contributed by atoms with van der Waals surface area (Å²) in [6, 6.07) is 0. The lowest BCUT2D eigenvalue weighted by atomic mass is 10.1. The van der Waals surface area contributed by atoms with Crippen molar-refractivity contribution in [1.29, 1.82) is 0 Å². The summed E-state index contributed by atoms with van der Waals surface area (Å²) in [4.78, 5) is 11.3. The van der Waals surface area contributed by atoms with E-state index in [0.717, 1.165) is 19.5 Å². The molecule has 0 fully saturated rings. The molecule has 0 aliphatic heterocycles. The first-order valence-corrected chi connectivity index (χ1v) is 9.44. The first kappa shape index (κ1) is 19.8. The van der Waals surface area contributed by atoms with Gasteiger partial charge >= 0.3 is 0 Å². The molecule has 0 aromatic rings. The van der Waals surface area contributed by atoms with E-state index >= 15 is 0 Å². The normalized spacial score (nSPS) is 11.0. The minimum Gasteiger partial charge on any atom is -0.356 e. The lowest BCUT2D eigenvalue weighted by Gasteiger charge is -2.07. The van der Waals surface area contributed by atoms with E-state index in [1.165, 1.54) is 51.4 Å². The Hall–Kier alpha value is -0.220. The summed E-state index contributed by atoms with van der Waals surface area (Å²) in [5.41, 5.74) is 0. The summed E-state index contributed by atoms with van der Waals surface area (Å²) in [6.45, 7) is 5.86. The summed E-state index contributed by atoms with van der Waals surface area (Å²) in [5, 5.41) is 2.97. The van der Waals surface area contributed by atoms with Gasteiger partial charge in [0.25, 0.3) is 0 Å². The standard InChI is InChI=1S/C16H34N2OS/c1-15(2)16(19)17-13-11-9-7-5-4-6-8-10-12-14-18-20-3/h15,18H,4-14H2,1-3H3,(H,17,19). The van der Waals surface area contributed by atoms with Crippen LogP contribution in [-0.2, 0) is 4.79 Å². The van der Waals surface area contributed by atoms with Gasteiger partial charge in [-0.2, -0.15) is 0 Å². The Kier molecular flexibility index (Phi) is 15.0. The molecule has 0 rings (SSSR count). The smallest absolute Gasteiger partial charge is 0.222 e. The zero-order valence-electron chi connectivity index (χ0n) is 13.7. The molecule has 0 saturated heterocycles. The summed E-state index contributed by atoms with van der Waals surface area (Å²) >= 11 is 1.71. The Morgan fingerprint density at radius 2 is 1.30 bits per heavy atom. The molecule has 4 heteroatoms. The quantitative estimate of drug-likeness (QED) is 0.374. The van der Waals surface area contributed by atoms with Crippen LogP contribution in [0.4, 0.5) is 0 Å². The Morgan fingerprint density at radius 3 is 1.75 bits per heavy atom. The second kappa shape index (κ2) is 15.2. The van der Waals surface area contributed by atoms with Gasteiger partial charge in [-0.05, 0) is 19.1 Å². The van der Waals surface area contributed by atoms with Gasteiger partial charge < -0.3 is 5.32 Å². The van der Waals surface area contributed by atoms with Gasteiger partial charge in [0, 0.05) is 19.0 Å². The number of nitrogens with one attached hydrogen (secondary N) is 2. The number of hydrogen-bond donors (Lipinski definition) is 2. The van der Waals surface area contributed by atoms with Gasteiger partial charge in [-0.25, -0.2) is 0 Å². The highest BCUT2D eigenvalue weighted by Gasteiger charge is 2.04. The van der Waals surface area contributed by atoms with E-state index in [4.69, 9.17) is 0 Å². The highest BCUT2D eigenvalue weighted by molar-refractivity contribution is 7.96. The average molecular weight is 303 g/mol. The molecule has 0 aromatic carbocycles. The Labute approximate surface area is 130 Å². The van der Waals surface area contributed by atoms with Crippen LogP contribution in [0.25, 0.3) is 0 Å². The lowest BCUT2D eigenvalue weighted by molar-refractivity contribution is -0.123. The number of hydrogen-bond acceptors (Lipinski definition) is 3. The average Bonchev–Trinajstić information content (AvgIpc) is 2.43. The van der Waals surface area contributed by atoms with Gasteiger partial charge in [0.15, 0.2) is 0 Å².